The molecule has 2 nitrogen and oxygen atoms in total. The standard InChI is InChI=1S/C13H19BrN2/c1-11-5-4-9-16(11)10-8-15-13-7-3-2-6-12(13)14/h2-3,6-7,11,15H,4-5,8-10H2,1H3. The molecule has 0 aliphatic carbocycles. The van der Waals surface area contributed by atoms with E-state index in [1.165, 1.54) is 25.1 Å². The molecular formula is C13H19BrN2. The summed E-state index contributed by atoms with van der Waals surface area (Å²) >= 11 is 3.55. The van der Waals surface area contributed by atoms with E-state index in [-0.39, 0.29) is 0 Å². The topological polar surface area (TPSA) is 15.3 Å². The Labute approximate surface area is 106 Å². The highest BCUT2D eigenvalue weighted by Gasteiger charge is 2.18. The van der Waals surface area contributed by atoms with Crippen LogP contribution in [-0.2, 0) is 0 Å². The van der Waals surface area contributed by atoms with Gasteiger partial charge >= 0.3 is 0 Å². The predicted molar refractivity (Wildman–Crippen MR) is 72.9 cm³/mol. The number of rotatable bonds is 4. The summed E-state index contributed by atoms with van der Waals surface area (Å²) in [6, 6.07) is 9.04. The van der Waals surface area contributed by atoms with Crippen LogP contribution in [0, 0.1) is 0 Å². The average molecular weight is 283 g/mol. The van der Waals surface area contributed by atoms with E-state index in [1.54, 1.807) is 0 Å². The van der Waals surface area contributed by atoms with E-state index < -0.39 is 0 Å². The first kappa shape index (κ1) is 11.9. The second-order valence-corrected chi connectivity index (χ2v) is 5.29. The van der Waals surface area contributed by atoms with Crippen LogP contribution in [0.4, 0.5) is 5.69 Å². The van der Waals surface area contributed by atoms with Crippen molar-refractivity contribution in [1.29, 1.82) is 0 Å². The van der Waals surface area contributed by atoms with Gasteiger partial charge in [-0.05, 0) is 54.4 Å². The van der Waals surface area contributed by atoms with Gasteiger partial charge in [-0.2, -0.15) is 0 Å². The SMILES string of the molecule is CC1CCCN1CCNc1ccccc1Br. The van der Waals surface area contributed by atoms with Gasteiger partial charge in [0.1, 0.15) is 0 Å². The largest absolute Gasteiger partial charge is 0.383 e. The van der Waals surface area contributed by atoms with E-state index in [9.17, 15) is 0 Å². The molecule has 0 bridgehead atoms. The molecule has 1 aromatic carbocycles. The van der Waals surface area contributed by atoms with Gasteiger partial charge in [-0.25, -0.2) is 0 Å². The summed E-state index contributed by atoms with van der Waals surface area (Å²) in [5, 5.41) is 3.47. The maximum atomic E-state index is 3.55. The molecule has 3 heteroatoms. The second kappa shape index (κ2) is 5.69. The molecule has 0 spiro atoms. The van der Waals surface area contributed by atoms with Crippen LogP contribution in [0.1, 0.15) is 19.8 Å². The molecule has 1 unspecified atom stereocenters. The molecule has 1 N–H and O–H groups in total. The zero-order chi connectivity index (χ0) is 11.4. The number of anilines is 1. The smallest absolute Gasteiger partial charge is 0.0485 e. The minimum atomic E-state index is 0.765. The third kappa shape index (κ3) is 2.98. The molecule has 1 heterocycles. The Balaban J connectivity index is 1.78. The average Bonchev–Trinajstić information content (AvgIpc) is 2.67. The fraction of sp³-hybridized carbons (Fsp3) is 0.538. The summed E-state index contributed by atoms with van der Waals surface area (Å²) in [5.41, 5.74) is 1.19. The van der Waals surface area contributed by atoms with E-state index in [2.05, 4.69) is 51.3 Å². The van der Waals surface area contributed by atoms with Crippen LogP contribution in [-0.4, -0.2) is 30.6 Å². The molecule has 16 heavy (non-hydrogen) atoms. The van der Waals surface area contributed by atoms with Gasteiger partial charge < -0.3 is 5.32 Å². The summed E-state index contributed by atoms with van der Waals surface area (Å²) in [6.45, 7) is 5.75. The first-order chi connectivity index (χ1) is 7.77. The van der Waals surface area contributed by atoms with Gasteiger partial charge in [-0.15, -0.1) is 0 Å². The van der Waals surface area contributed by atoms with Crippen LogP contribution in [0.15, 0.2) is 28.7 Å². The highest BCUT2D eigenvalue weighted by molar-refractivity contribution is 9.10. The highest BCUT2D eigenvalue weighted by Crippen LogP contribution is 2.21. The van der Waals surface area contributed by atoms with Crippen molar-refractivity contribution >= 4 is 21.6 Å². The maximum Gasteiger partial charge on any atom is 0.0485 e. The van der Waals surface area contributed by atoms with E-state index in [0.717, 1.165) is 23.6 Å². The first-order valence-corrected chi connectivity index (χ1v) is 6.79. The lowest BCUT2D eigenvalue weighted by atomic mass is 10.2. The van der Waals surface area contributed by atoms with Gasteiger partial charge in [0, 0.05) is 29.3 Å². The van der Waals surface area contributed by atoms with Crippen molar-refractivity contribution in [2.24, 2.45) is 0 Å². The van der Waals surface area contributed by atoms with Gasteiger partial charge in [0.25, 0.3) is 0 Å². The van der Waals surface area contributed by atoms with Crippen molar-refractivity contribution in [3.05, 3.63) is 28.7 Å². The number of nitrogens with one attached hydrogen (secondary N) is 1. The second-order valence-electron chi connectivity index (χ2n) is 4.43. The molecule has 88 valence electrons. The lowest BCUT2D eigenvalue weighted by Crippen LogP contribution is -2.31. The summed E-state index contributed by atoms with van der Waals surface area (Å²) < 4.78 is 1.14. The van der Waals surface area contributed by atoms with Gasteiger partial charge in [0.15, 0.2) is 0 Å². The van der Waals surface area contributed by atoms with Crippen LogP contribution in [0.25, 0.3) is 0 Å². The number of halogens is 1. The zero-order valence-electron chi connectivity index (χ0n) is 9.75. The van der Waals surface area contributed by atoms with Crippen LogP contribution in [0.2, 0.25) is 0 Å². The van der Waals surface area contributed by atoms with E-state index in [1.807, 2.05) is 6.07 Å². The van der Waals surface area contributed by atoms with Gasteiger partial charge in [-0.1, -0.05) is 12.1 Å². The van der Waals surface area contributed by atoms with Crippen molar-refractivity contribution < 1.29 is 0 Å². The number of hydrogen-bond donors (Lipinski definition) is 1. The quantitative estimate of drug-likeness (QED) is 0.911. The van der Waals surface area contributed by atoms with E-state index >= 15 is 0 Å². The van der Waals surface area contributed by atoms with Gasteiger partial charge in [0.2, 0.25) is 0 Å². The minimum Gasteiger partial charge on any atom is -0.383 e. The fourth-order valence-corrected chi connectivity index (χ4v) is 2.69. The fourth-order valence-electron chi connectivity index (χ4n) is 2.26. The van der Waals surface area contributed by atoms with Gasteiger partial charge in [0.05, 0.1) is 0 Å². The Morgan fingerprint density at radius 1 is 1.44 bits per heavy atom. The molecule has 1 saturated heterocycles. The molecule has 2 rings (SSSR count). The number of para-hydroxylation sites is 1. The Hall–Kier alpha value is -0.540. The number of hydrogen-bond acceptors (Lipinski definition) is 2. The minimum absolute atomic E-state index is 0.765. The highest BCUT2D eigenvalue weighted by atomic mass is 79.9. The lowest BCUT2D eigenvalue weighted by molar-refractivity contribution is 0.279. The Bertz CT molecular complexity index is 340. The number of likely N-dealkylation sites (tertiary alicyclic amines) is 1. The number of benzene rings is 1. The first-order valence-electron chi connectivity index (χ1n) is 6.00. The maximum absolute atomic E-state index is 3.55. The predicted octanol–water partition coefficient (Wildman–Crippen LogP) is 3.35. The van der Waals surface area contributed by atoms with Crippen LogP contribution in [0.5, 0.6) is 0 Å². The molecule has 0 amide bonds. The third-order valence-electron chi connectivity index (χ3n) is 3.28. The van der Waals surface area contributed by atoms with E-state index in [0.29, 0.717) is 0 Å². The van der Waals surface area contributed by atoms with E-state index in [4.69, 9.17) is 0 Å². The van der Waals surface area contributed by atoms with Gasteiger partial charge in [-0.3, -0.25) is 4.90 Å². The van der Waals surface area contributed by atoms with Crippen molar-refractivity contribution in [2.45, 2.75) is 25.8 Å². The van der Waals surface area contributed by atoms with Crippen molar-refractivity contribution in [2.75, 3.05) is 25.0 Å². The van der Waals surface area contributed by atoms with Crippen LogP contribution < -0.4 is 5.32 Å². The Kier molecular flexibility index (Phi) is 4.24. The lowest BCUT2D eigenvalue weighted by Gasteiger charge is -2.21. The third-order valence-corrected chi connectivity index (χ3v) is 3.97. The summed E-state index contributed by atoms with van der Waals surface area (Å²) in [6.07, 6.45) is 2.71. The molecule has 1 aliphatic rings. The Morgan fingerprint density at radius 2 is 2.25 bits per heavy atom. The van der Waals surface area contributed by atoms with Crippen LogP contribution in [0.3, 0.4) is 0 Å². The molecule has 0 radical (unpaired) electrons. The molecule has 0 aromatic heterocycles. The van der Waals surface area contributed by atoms with Crippen molar-refractivity contribution in [3.63, 3.8) is 0 Å². The zero-order valence-corrected chi connectivity index (χ0v) is 11.3. The summed E-state index contributed by atoms with van der Waals surface area (Å²) in [7, 11) is 0. The van der Waals surface area contributed by atoms with Crippen LogP contribution >= 0.6 is 15.9 Å². The summed E-state index contributed by atoms with van der Waals surface area (Å²) in [5.74, 6) is 0. The molecule has 0 saturated carbocycles. The van der Waals surface area contributed by atoms with Crippen molar-refractivity contribution in [3.8, 4) is 0 Å². The number of nitrogens with zero attached hydrogens (tertiary/aromatic N) is 1. The Morgan fingerprint density at radius 3 is 2.94 bits per heavy atom. The summed E-state index contributed by atoms with van der Waals surface area (Å²) in [4.78, 5) is 2.56. The molecule has 1 aromatic rings. The molecule has 1 fully saturated rings. The normalized spacial score (nSPS) is 21.2. The molecule has 1 atom stereocenters. The molecular weight excluding hydrogens is 264 g/mol. The monoisotopic (exact) mass is 282 g/mol. The van der Waals surface area contributed by atoms with Crippen molar-refractivity contribution in [1.82, 2.24) is 4.90 Å². The molecule has 1 aliphatic heterocycles.